The molecule has 88 valence electrons. The van der Waals surface area contributed by atoms with E-state index in [4.69, 9.17) is 24.4 Å². The Hall–Kier alpha value is -2.13. The molecule has 1 heterocycles. The zero-order valence-corrected chi connectivity index (χ0v) is 10.00. The lowest BCUT2D eigenvalue weighted by Crippen LogP contribution is -2.43. The standard InChI is InChI=1S/C11H13N5S/c1-2-6-14-10(12)16-11(17)15-8-9-5-3-4-7-13-9/h1,3-5,7H,6,8H2,(H4,12,14,15,16,17). The number of pyridine rings is 1. The van der Waals surface area contributed by atoms with Gasteiger partial charge in [-0.15, -0.1) is 6.42 Å². The van der Waals surface area contributed by atoms with E-state index in [1.54, 1.807) is 6.20 Å². The van der Waals surface area contributed by atoms with Gasteiger partial charge in [-0.1, -0.05) is 12.0 Å². The number of terminal acetylenes is 1. The molecule has 0 saturated heterocycles. The van der Waals surface area contributed by atoms with Gasteiger partial charge in [0.25, 0.3) is 0 Å². The second-order valence-corrected chi connectivity index (χ2v) is 3.44. The van der Waals surface area contributed by atoms with Gasteiger partial charge in [0.15, 0.2) is 11.1 Å². The first kappa shape index (κ1) is 12.9. The van der Waals surface area contributed by atoms with Gasteiger partial charge in [0.05, 0.1) is 12.2 Å². The van der Waals surface area contributed by atoms with Crippen molar-refractivity contribution in [1.82, 2.24) is 15.6 Å². The third-order valence-corrected chi connectivity index (χ3v) is 1.98. The predicted molar refractivity (Wildman–Crippen MR) is 72.1 cm³/mol. The molecule has 1 aromatic heterocycles. The van der Waals surface area contributed by atoms with Gasteiger partial charge < -0.3 is 16.4 Å². The molecule has 0 aromatic carbocycles. The van der Waals surface area contributed by atoms with Crippen molar-refractivity contribution in [2.24, 2.45) is 10.7 Å². The number of rotatable bonds is 3. The number of nitrogens with one attached hydrogen (secondary N) is 2. The molecule has 0 unspecified atom stereocenters. The first-order valence-corrected chi connectivity index (χ1v) is 5.31. The Balaban J connectivity index is 2.34. The van der Waals surface area contributed by atoms with Crippen LogP contribution in [0.25, 0.3) is 0 Å². The van der Waals surface area contributed by atoms with Crippen molar-refractivity contribution in [3.63, 3.8) is 0 Å². The normalized spacial score (nSPS) is 10.4. The van der Waals surface area contributed by atoms with Gasteiger partial charge in [-0.25, -0.2) is 4.99 Å². The monoisotopic (exact) mass is 247 g/mol. The topological polar surface area (TPSA) is 75.3 Å². The molecule has 0 atom stereocenters. The molecule has 5 nitrogen and oxygen atoms in total. The second-order valence-electron chi connectivity index (χ2n) is 3.03. The molecule has 0 aliphatic carbocycles. The maximum Gasteiger partial charge on any atom is 0.195 e. The Bertz CT molecular complexity index is 435. The van der Waals surface area contributed by atoms with Gasteiger partial charge in [-0.2, -0.15) is 0 Å². The van der Waals surface area contributed by atoms with Crippen LogP contribution < -0.4 is 16.4 Å². The maximum absolute atomic E-state index is 5.53. The van der Waals surface area contributed by atoms with E-state index in [1.165, 1.54) is 0 Å². The molecule has 0 fully saturated rings. The first-order chi connectivity index (χ1) is 8.22. The van der Waals surface area contributed by atoms with Crippen LogP contribution in [0.1, 0.15) is 5.69 Å². The number of aliphatic imine (C=N–C) groups is 1. The molecule has 6 heteroatoms. The van der Waals surface area contributed by atoms with Crippen molar-refractivity contribution < 1.29 is 0 Å². The quantitative estimate of drug-likeness (QED) is 0.303. The van der Waals surface area contributed by atoms with E-state index in [0.29, 0.717) is 11.7 Å². The fraction of sp³-hybridized carbons (Fsp3) is 0.182. The van der Waals surface area contributed by atoms with Crippen LogP contribution in [-0.2, 0) is 6.54 Å². The van der Waals surface area contributed by atoms with Crippen molar-refractivity contribution in [3.05, 3.63) is 30.1 Å². The summed E-state index contributed by atoms with van der Waals surface area (Å²) in [6, 6.07) is 5.65. The summed E-state index contributed by atoms with van der Waals surface area (Å²) in [5.74, 6) is 2.54. The number of guanidine groups is 1. The number of hydrogen-bond donors (Lipinski definition) is 3. The highest BCUT2D eigenvalue weighted by Crippen LogP contribution is 1.91. The molecule has 1 aromatic rings. The summed E-state index contributed by atoms with van der Waals surface area (Å²) in [7, 11) is 0. The average molecular weight is 247 g/mol. The lowest BCUT2D eigenvalue weighted by atomic mass is 10.3. The predicted octanol–water partition coefficient (Wildman–Crippen LogP) is -0.00640. The van der Waals surface area contributed by atoms with E-state index in [1.807, 2.05) is 18.2 Å². The smallest absolute Gasteiger partial charge is 0.195 e. The molecular formula is C11H13N5S. The maximum atomic E-state index is 5.53. The van der Waals surface area contributed by atoms with Crippen LogP contribution in [0.3, 0.4) is 0 Å². The number of nitrogens with two attached hydrogens (primary N) is 1. The van der Waals surface area contributed by atoms with E-state index in [9.17, 15) is 0 Å². The van der Waals surface area contributed by atoms with Gasteiger partial charge in [0, 0.05) is 6.20 Å². The Kier molecular flexibility index (Phi) is 5.47. The van der Waals surface area contributed by atoms with Crippen molar-refractivity contribution in [1.29, 1.82) is 0 Å². The Labute approximate surface area is 106 Å². The number of nitrogens with zero attached hydrogens (tertiary/aromatic N) is 2. The Morgan fingerprint density at radius 2 is 2.41 bits per heavy atom. The molecule has 0 amide bonds. The minimum Gasteiger partial charge on any atom is -0.370 e. The minimum absolute atomic E-state index is 0.196. The summed E-state index contributed by atoms with van der Waals surface area (Å²) >= 11 is 5.02. The van der Waals surface area contributed by atoms with Crippen LogP contribution in [0.2, 0.25) is 0 Å². The number of aromatic nitrogens is 1. The summed E-state index contributed by atoms with van der Waals surface area (Å²) in [5.41, 5.74) is 6.41. The van der Waals surface area contributed by atoms with Crippen molar-refractivity contribution >= 4 is 23.3 Å². The second kappa shape index (κ2) is 7.19. The SMILES string of the molecule is C#CCN=C(N)NC(=S)NCc1ccccn1. The van der Waals surface area contributed by atoms with Gasteiger partial charge in [-0.05, 0) is 24.4 Å². The molecule has 0 bridgehead atoms. The van der Waals surface area contributed by atoms with Crippen LogP contribution in [0.4, 0.5) is 0 Å². The summed E-state index contributed by atoms with van der Waals surface area (Å²) in [6.45, 7) is 0.747. The lowest BCUT2D eigenvalue weighted by molar-refractivity contribution is 0.866. The van der Waals surface area contributed by atoms with Gasteiger partial charge >= 0.3 is 0 Å². The van der Waals surface area contributed by atoms with Gasteiger partial charge in [0.1, 0.15) is 6.54 Å². The van der Waals surface area contributed by atoms with Crippen LogP contribution in [0.5, 0.6) is 0 Å². The zero-order chi connectivity index (χ0) is 12.5. The van der Waals surface area contributed by atoms with E-state index in [0.717, 1.165) is 5.69 Å². The third kappa shape index (κ3) is 5.49. The van der Waals surface area contributed by atoms with Crippen LogP contribution in [0.15, 0.2) is 29.4 Å². The van der Waals surface area contributed by atoms with E-state index in [-0.39, 0.29) is 12.5 Å². The highest BCUT2D eigenvalue weighted by atomic mass is 32.1. The van der Waals surface area contributed by atoms with Crippen molar-refractivity contribution in [2.75, 3.05) is 6.54 Å². The fourth-order valence-electron chi connectivity index (χ4n) is 1.00. The molecule has 0 aliphatic heterocycles. The molecule has 17 heavy (non-hydrogen) atoms. The largest absolute Gasteiger partial charge is 0.370 e. The molecule has 0 saturated carbocycles. The van der Waals surface area contributed by atoms with Crippen molar-refractivity contribution in [2.45, 2.75) is 6.54 Å². The van der Waals surface area contributed by atoms with Crippen LogP contribution >= 0.6 is 12.2 Å². The number of thiocarbonyl (C=S) groups is 1. The highest BCUT2D eigenvalue weighted by molar-refractivity contribution is 7.80. The van der Waals surface area contributed by atoms with Crippen LogP contribution in [-0.4, -0.2) is 22.6 Å². The molecular weight excluding hydrogens is 234 g/mol. The summed E-state index contributed by atoms with van der Waals surface area (Å²) < 4.78 is 0. The van der Waals surface area contributed by atoms with Gasteiger partial charge in [0.2, 0.25) is 0 Å². The first-order valence-electron chi connectivity index (χ1n) is 4.90. The summed E-state index contributed by atoms with van der Waals surface area (Å²) in [4.78, 5) is 7.98. The van der Waals surface area contributed by atoms with E-state index in [2.05, 4.69) is 26.5 Å². The minimum atomic E-state index is 0.196. The van der Waals surface area contributed by atoms with E-state index >= 15 is 0 Å². The third-order valence-electron chi connectivity index (χ3n) is 1.74. The van der Waals surface area contributed by atoms with Gasteiger partial charge in [-0.3, -0.25) is 4.98 Å². The van der Waals surface area contributed by atoms with Crippen LogP contribution in [0, 0.1) is 12.3 Å². The Morgan fingerprint density at radius 1 is 1.59 bits per heavy atom. The Morgan fingerprint density at radius 3 is 3.06 bits per heavy atom. The number of hydrogen-bond acceptors (Lipinski definition) is 3. The lowest BCUT2D eigenvalue weighted by Gasteiger charge is -2.08. The molecule has 0 radical (unpaired) electrons. The average Bonchev–Trinajstić information content (AvgIpc) is 2.35. The fourth-order valence-corrected chi connectivity index (χ4v) is 1.18. The highest BCUT2D eigenvalue weighted by Gasteiger charge is 1.98. The van der Waals surface area contributed by atoms with E-state index < -0.39 is 0 Å². The van der Waals surface area contributed by atoms with Crippen molar-refractivity contribution in [3.8, 4) is 12.3 Å². The summed E-state index contributed by atoms with van der Waals surface area (Å²) in [5, 5.41) is 6.04. The molecule has 4 N–H and O–H groups in total. The summed E-state index contributed by atoms with van der Waals surface area (Å²) in [6.07, 6.45) is 6.76. The molecule has 0 spiro atoms. The molecule has 0 aliphatic rings. The molecule has 1 rings (SSSR count). The zero-order valence-electron chi connectivity index (χ0n) is 9.18.